The van der Waals surface area contributed by atoms with Gasteiger partial charge in [0.2, 0.25) is 0 Å². The van der Waals surface area contributed by atoms with Crippen molar-refractivity contribution >= 4 is 5.69 Å². The van der Waals surface area contributed by atoms with E-state index in [0.29, 0.717) is 5.69 Å². The minimum atomic E-state index is -0.293. The van der Waals surface area contributed by atoms with Gasteiger partial charge < -0.3 is 15.2 Å². The molecule has 0 saturated heterocycles. The summed E-state index contributed by atoms with van der Waals surface area (Å²) in [5.41, 5.74) is 2.39. The fourth-order valence-electron chi connectivity index (χ4n) is 2.09. The number of aliphatic hydroxyl groups is 1. The van der Waals surface area contributed by atoms with E-state index in [9.17, 15) is 9.50 Å². The molecule has 2 rings (SSSR count). The van der Waals surface area contributed by atoms with Gasteiger partial charge in [-0.25, -0.2) is 4.39 Å². The SMILES string of the molecule is COc1ccc(C(CO)Nc2cc(C)cc(F)c2)cc1. The second kappa shape index (κ2) is 6.39. The smallest absolute Gasteiger partial charge is 0.125 e. The molecule has 4 heteroatoms. The summed E-state index contributed by atoms with van der Waals surface area (Å²) in [5.74, 6) is 0.464. The number of hydrogen-bond donors (Lipinski definition) is 2. The molecule has 0 heterocycles. The summed E-state index contributed by atoms with van der Waals surface area (Å²) in [5, 5.41) is 12.7. The normalized spacial score (nSPS) is 12.0. The van der Waals surface area contributed by atoms with Gasteiger partial charge in [0.1, 0.15) is 11.6 Å². The monoisotopic (exact) mass is 275 g/mol. The van der Waals surface area contributed by atoms with Gasteiger partial charge in [0.25, 0.3) is 0 Å². The van der Waals surface area contributed by atoms with Crippen molar-refractivity contribution in [1.82, 2.24) is 0 Å². The molecule has 0 aliphatic carbocycles. The Bertz CT molecular complexity index is 549. The maximum absolute atomic E-state index is 13.4. The van der Waals surface area contributed by atoms with Crippen molar-refractivity contribution in [3.05, 3.63) is 59.4 Å². The first-order chi connectivity index (χ1) is 9.62. The van der Waals surface area contributed by atoms with Gasteiger partial charge in [0.15, 0.2) is 0 Å². The average Bonchev–Trinajstić information content (AvgIpc) is 2.44. The molecule has 1 atom stereocenters. The number of halogens is 1. The first-order valence-corrected chi connectivity index (χ1v) is 6.41. The van der Waals surface area contributed by atoms with Crippen LogP contribution in [0.2, 0.25) is 0 Å². The first kappa shape index (κ1) is 14.3. The van der Waals surface area contributed by atoms with Crippen LogP contribution in [0.4, 0.5) is 10.1 Å². The highest BCUT2D eigenvalue weighted by Crippen LogP contribution is 2.23. The van der Waals surface area contributed by atoms with E-state index in [4.69, 9.17) is 4.74 Å². The van der Waals surface area contributed by atoms with E-state index in [0.717, 1.165) is 16.9 Å². The van der Waals surface area contributed by atoms with Crippen molar-refractivity contribution in [2.24, 2.45) is 0 Å². The summed E-state index contributed by atoms with van der Waals surface area (Å²) in [6.07, 6.45) is 0. The van der Waals surface area contributed by atoms with E-state index < -0.39 is 0 Å². The third kappa shape index (κ3) is 3.48. The third-order valence-electron chi connectivity index (χ3n) is 3.08. The molecule has 1 unspecified atom stereocenters. The standard InChI is InChI=1S/C16H18FNO2/c1-11-7-13(17)9-14(8-11)18-16(10-19)12-3-5-15(20-2)6-4-12/h3-9,16,18-19H,10H2,1-2H3. The molecular weight excluding hydrogens is 257 g/mol. The van der Waals surface area contributed by atoms with Crippen LogP contribution in [0, 0.1) is 12.7 Å². The molecule has 0 aromatic heterocycles. The van der Waals surface area contributed by atoms with Crippen LogP contribution < -0.4 is 10.1 Å². The largest absolute Gasteiger partial charge is 0.497 e. The molecule has 3 nitrogen and oxygen atoms in total. The second-order valence-corrected chi connectivity index (χ2v) is 4.67. The summed E-state index contributed by atoms with van der Waals surface area (Å²) in [6.45, 7) is 1.75. The van der Waals surface area contributed by atoms with Crippen LogP contribution in [0.3, 0.4) is 0 Å². The number of benzene rings is 2. The van der Waals surface area contributed by atoms with E-state index in [1.54, 1.807) is 7.11 Å². The lowest BCUT2D eigenvalue weighted by Gasteiger charge is -2.19. The van der Waals surface area contributed by atoms with Crippen LogP contribution in [0.5, 0.6) is 5.75 Å². The van der Waals surface area contributed by atoms with Crippen molar-refractivity contribution in [1.29, 1.82) is 0 Å². The Morgan fingerprint density at radius 1 is 1.20 bits per heavy atom. The highest BCUT2D eigenvalue weighted by molar-refractivity contribution is 5.48. The number of nitrogens with one attached hydrogen (secondary N) is 1. The van der Waals surface area contributed by atoms with E-state index >= 15 is 0 Å². The van der Waals surface area contributed by atoms with Gasteiger partial charge in [-0.3, -0.25) is 0 Å². The molecule has 0 radical (unpaired) electrons. The summed E-state index contributed by atoms with van der Waals surface area (Å²) in [7, 11) is 1.60. The minimum absolute atomic E-state index is 0.0815. The molecule has 0 spiro atoms. The number of ether oxygens (including phenoxy) is 1. The van der Waals surface area contributed by atoms with Gasteiger partial charge in [0, 0.05) is 5.69 Å². The predicted molar refractivity (Wildman–Crippen MR) is 77.6 cm³/mol. The van der Waals surface area contributed by atoms with Crippen molar-refractivity contribution in [3.8, 4) is 5.75 Å². The number of aliphatic hydroxyl groups excluding tert-OH is 1. The van der Waals surface area contributed by atoms with Crippen LogP contribution in [0.25, 0.3) is 0 Å². The number of anilines is 1. The third-order valence-corrected chi connectivity index (χ3v) is 3.08. The Balaban J connectivity index is 2.19. The van der Waals surface area contributed by atoms with Gasteiger partial charge in [-0.2, -0.15) is 0 Å². The molecule has 0 saturated carbocycles. The van der Waals surface area contributed by atoms with Gasteiger partial charge >= 0.3 is 0 Å². The molecule has 0 amide bonds. The molecule has 2 aromatic carbocycles. The van der Waals surface area contributed by atoms with Crippen LogP contribution >= 0.6 is 0 Å². The fourth-order valence-corrected chi connectivity index (χ4v) is 2.09. The zero-order valence-corrected chi connectivity index (χ0v) is 11.6. The minimum Gasteiger partial charge on any atom is -0.497 e. The fraction of sp³-hybridized carbons (Fsp3) is 0.250. The first-order valence-electron chi connectivity index (χ1n) is 6.41. The van der Waals surface area contributed by atoms with Crippen molar-refractivity contribution < 1.29 is 14.2 Å². The Labute approximate surface area is 118 Å². The van der Waals surface area contributed by atoms with Crippen LogP contribution in [0.15, 0.2) is 42.5 Å². The molecule has 2 aromatic rings. The van der Waals surface area contributed by atoms with E-state index in [-0.39, 0.29) is 18.5 Å². The van der Waals surface area contributed by atoms with Gasteiger partial charge in [-0.1, -0.05) is 12.1 Å². The quantitative estimate of drug-likeness (QED) is 0.879. The van der Waals surface area contributed by atoms with Gasteiger partial charge in [-0.05, 0) is 48.4 Å². The van der Waals surface area contributed by atoms with Crippen LogP contribution in [0.1, 0.15) is 17.2 Å². The lowest BCUT2D eigenvalue weighted by molar-refractivity contribution is 0.276. The van der Waals surface area contributed by atoms with E-state index in [1.165, 1.54) is 12.1 Å². The Hall–Kier alpha value is -2.07. The number of rotatable bonds is 5. The van der Waals surface area contributed by atoms with Crippen molar-refractivity contribution in [3.63, 3.8) is 0 Å². The topological polar surface area (TPSA) is 41.5 Å². The maximum atomic E-state index is 13.4. The Kier molecular flexibility index (Phi) is 4.58. The molecular formula is C16H18FNO2. The average molecular weight is 275 g/mol. The van der Waals surface area contributed by atoms with E-state index in [1.807, 2.05) is 37.3 Å². The summed E-state index contributed by atoms with van der Waals surface area (Å²) in [4.78, 5) is 0. The molecule has 0 aliphatic heterocycles. The molecule has 2 N–H and O–H groups in total. The lowest BCUT2D eigenvalue weighted by atomic mass is 10.1. The summed E-state index contributed by atoms with van der Waals surface area (Å²) in [6, 6.07) is 11.8. The number of aryl methyl sites for hydroxylation is 1. The van der Waals surface area contributed by atoms with Gasteiger partial charge in [-0.15, -0.1) is 0 Å². The molecule has 0 bridgehead atoms. The number of methoxy groups -OCH3 is 1. The zero-order valence-electron chi connectivity index (χ0n) is 11.6. The van der Waals surface area contributed by atoms with Gasteiger partial charge in [0.05, 0.1) is 19.8 Å². The van der Waals surface area contributed by atoms with Crippen molar-refractivity contribution in [2.75, 3.05) is 19.0 Å². The molecule has 20 heavy (non-hydrogen) atoms. The number of hydrogen-bond acceptors (Lipinski definition) is 3. The Morgan fingerprint density at radius 2 is 1.90 bits per heavy atom. The zero-order chi connectivity index (χ0) is 14.5. The lowest BCUT2D eigenvalue weighted by Crippen LogP contribution is -2.15. The second-order valence-electron chi connectivity index (χ2n) is 4.67. The van der Waals surface area contributed by atoms with Crippen LogP contribution in [-0.4, -0.2) is 18.8 Å². The highest BCUT2D eigenvalue weighted by Gasteiger charge is 2.11. The highest BCUT2D eigenvalue weighted by atomic mass is 19.1. The van der Waals surface area contributed by atoms with Crippen molar-refractivity contribution in [2.45, 2.75) is 13.0 Å². The van der Waals surface area contributed by atoms with E-state index in [2.05, 4.69) is 5.32 Å². The Morgan fingerprint density at radius 3 is 2.45 bits per heavy atom. The summed E-state index contributed by atoms with van der Waals surface area (Å²) < 4.78 is 18.5. The van der Waals surface area contributed by atoms with Crippen LogP contribution in [-0.2, 0) is 0 Å². The predicted octanol–water partition coefficient (Wildman–Crippen LogP) is 3.29. The molecule has 0 fully saturated rings. The molecule has 0 aliphatic rings. The molecule has 106 valence electrons. The maximum Gasteiger partial charge on any atom is 0.125 e. The summed E-state index contributed by atoms with van der Waals surface area (Å²) >= 11 is 0.